The molecule has 0 amide bonds. The predicted octanol–water partition coefficient (Wildman–Crippen LogP) is -0.212. The topological polar surface area (TPSA) is 32.6 Å². The molecule has 1 aliphatic rings. The van der Waals surface area contributed by atoms with Crippen LogP contribution >= 0.6 is 0 Å². The summed E-state index contributed by atoms with van der Waals surface area (Å²) in [6.07, 6.45) is 1.04. The molecular weight excluding hydrogens is 212 g/mol. The number of fused-ring (bicyclic) bond motifs is 1. The van der Waals surface area contributed by atoms with Gasteiger partial charge in [0.25, 0.3) is 0 Å². The van der Waals surface area contributed by atoms with Gasteiger partial charge < -0.3 is 15.1 Å². The predicted molar refractivity (Wildman–Crippen MR) is 69.9 cm³/mol. The Kier molecular flexibility index (Phi) is 3.97. The minimum absolute atomic E-state index is 0.936. The first-order chi connectivity index (χ1) is 8.15. The Labute approximate surface area is 104 Å². The Morgan fingerprint density at radius 1 is 1.47 bits per heavy atom. The quantitative estimate of drug-likeness (QED) is 0.707. The monoisotopic (exact) mass is 234 g/mol. The van der Waals surface area contributed by atoms with Crippen molar-refractivity contribution in [1.29, 1.82) is 0 Å². The molecule has 0 aliphatic carbocycles. The van der Waals surface area contributed by atoms with Crippen molar-refractivity contribution in [2.24, 2.45) is 0 Å². The maximum atomic E-state index is 4.67. The van der Waals surface area contributed by atoms with E-state index >= 15 is 0 Å². The third-order valence-electron chi connectivity index (χ3n) is 3.09. The highest BCUT2D eigenvalue weighted by Gasteiger charge is 2.14. The van der Waals surface area contributed by atoms with Crippen LogP contribution < -0.4 is 10.2 Å². The molecule has 0 saturated heterocycles. The van der Waals surface area contributed by atoms with Gasteiger partial charge in [0.1, 0.15) is 5.82 Å². The molecule has 4 nitrogen and oxygen atoms in total. The molecule has 1 aromatic heterocycles. The first-order valence-electron chi connectivity index (χ1n) is 6.19. The molecule has 0 fully saturated rings. The normalized spacial score (nSPS) is 19.2. The van der Waals surface area contributed by atoms with Gasteiger partial charge in [-0.15, -0.1) is 0 Å². The average Bonchev–Trinajstić information content (AvgIpc) is 2.29. The van der Waals surface area contributed by atoms with E-state index in [4.69, 9.17) is 0 Å². The van der Waals surface area contributed by atoms with E-state index in [0.29, 0.717) is 0 Å². The van der Waals surface area contributed by atoms with E-state index in [1.165, 1.54) is 16.2 Å². The van der Waals surface area contributed by atoms with E-state index in [9.17, 15) is 0 Å². The van der Waals surface area contributed by atoms with Crippen molar-refractivity contribution < 1.29 is 4.90 Å². The fourth-order valence-corrected chi connectivity index (χ4v) is 2.07. The van der Waals surface area contributed by atoms with Crippen molar-refractivity contribution in [1.82, 2.24) is 9.88 Å². The van der Waals surface area contributed by atoms with Gasteiger partial charge >= 0.3 is 0 Å². The fraction of sp³-hybridized carbons (Fsp3) is 0.538. The maximum absolute atomic E-state index is 4.67. The van der Waals surface area contributed by atoms with E-state index in [2.05, 4.69) is 48.5 Å². The fourth-order valence-electron chi connectivity index (χ4n) is 2.07. The van der Waals surface area contributed by atoms with Crippen LogP contribution in [0.2, 0.25) is 0 Å². The van der Waals surface area contributed by atoms with Crippen LogP contribution in [-0.4, -0.2) is 43.6 Å². The Morgan fingerprint density at radius 2 is 2.29 bits per heavy atom. The van der Waals surface area contributed by atoms with Crippen molar-refractivity contribution in [3.05, 3.63) is 30.4 Å². The largest absolute Gasteiger partial charge is 0.464 e. The molecule has 0 radical (unpaired) electrons. The van der Waals surface area contributed by atoms with Gasteiger partial charge in [0, 0.05) is 25.1 Å². The van der Waals surface area contributed by atoms with E-state index in [0.717, 1.165) is 38.4 Å². The molecule has 1 aliphatic heterocycles. The summed E-state index contributed by atoms with van der Waals surface area (Å²) in [6.45, 7) is 4.04. The van der Waals surface area contributed by atoms with Gasteiger partial charge in [-0.3, -0.25) is 0 Å². The van der Waals surface area contributed by atoms with Crippen LogP contribution in [0.3, 0.4) is 0 Å². The van der Waals surface area contributed by atoms with Gasteiger partial charge in [-0.05, 0) is 26.2 Å². The van der Waals surface area contributed by atoms with Gasteiger partial charge in [-0.25, -0.2) is 4.98 Å². The van der Waals surface area contributed by atoms with Gasteiger partial charge in [-0.2, -0.15) is 7.05 Å². The van der Waals surface area contributed by atoms with Crippen molar-refractivity contribution in [3.8, 4) is 0 Å². The molecule has 2 rings (SSSR count). The number of aromatic nitrogens is 1. The van der Waals surface area contributed by atoms with E-state index < -0.39 is 0 Å². The van der Waals surface area contributed by atoms with Crippen LogP contribution in [0.5, 0.6) is 0 Å². The zero-order valence-corrected chi connectivity index (χ0v) is 10.8. The summed E-state index contributed by atoms with van der Waals surface area (Å²) in [4.78, 5) is 8.16. The molecule has 1 atom stereocenters. The van der Waals surface area contributed by atoms with Crippen LogP contribution in [0.25, 0.3) is 0 Å². The number of nitrogens with one attached hydrogen (secondary N) is 2. The lowest BCUT2D eigenvalue weighted by atomic mass is 10.1. The van der Waals surface area contributed by atoms with E-state index in [1.54, 1.807) is 0 Å². The van der Waals surface area contributed by atoms with Gasteiger partial charge in [-0.1, -0.05) is 0 Å². The summed E-state index contributed by atoms with van der Waals surface area (Å²) < 4.78 is 0. The van der Waals surface area contributed by atoms with Crippen LogP contribution in [0.1, 0.15) is 11.3 Å². The minimum atomic E-state index is 0.936. The van der Waals surface area contributed by atoms with Crippen LogP contribution in [0, 0.1) is 7.05 Å². The summed E-state index contributed by atoms with van der Waals surface area (Å²) >= 11 is 0. The molecule has 1 unspecified atom stereocenters. The Bertz CT molecular complexity index is 376. The molecule has 0 bridgehead atoms. The number of quaternary nitrogens is 1. The highest BCUT2D eigenvalue weighted by molar-refractivity contribution is 5.39. The second-order valence-electron chi connectivity index (χ2n) is 4.96. The average molecular weight is 234 g/mol. The summed E-state index contributed by atoms with van der Waals surface area (Å²) in [7, 11) is 8.21. The second kappa shape index (κ2) is 5.47. The molecule has 0 spiro atoms. The van der Waals surface area contributed by atoms with Crippen LogP contribution in [0.15, 0.2) is 12.1 Å². The maximum Gasteiger partial charge on any atom is 0.126 e. The Hall–Kier alpha value is -1.13. The van der Waals surface area contributed by atoms with E-state index in [1.807, 2.05) is 0 Å². The standard InChI is InChI=1S/C13H22N4/c1-16(2)9-7-14-13-5-4-11-10-17(3)8-6-12(11)15-13/h4-5,17H,3,6-10H2,1-2H3,(H,14,15). The molecule has 2 heterocycles. The van der Waals surface area contributed by atoms with Gasteiger partial charge in [0.15, 0.2) is 0 Å². The zero-order valence-electron chi connectivity index (χ0n) is 10.8. The van der Waals surface area contributed by atoms with Crippen molar-refractivity contribution in [3.63, 3.8) is 0 Å². The van der Waals surface area contributed by atoms with Gasteiger partial charge in [0.2, 0.25) is 0 Å². The zero-order chi connectivity index (χ0) is 12.3. The molecule has 1 aromatic rings. The number of hydrogen-bond donors (Lipinski definition) is 2. The third-order valence-corrected chi connectivity index (χ3v) is 3.09. The summed E-state index contributed by atoms with van der Waals surface area (Å²) in [5.74, 6) is 0.998. The third kappa shape index (κ3) is 3.41. The lowest BCUT2D eigenvalue weighted by Crippen LogP contribution is -3.06. The number of nitrogens with zero attached hydrogens (tertiary/aromatic N) is 2. The minimum Gasteiger partial charge on any atom is -0.464 e. The molecule has 17 heavy (non-hydrogen) atoms. The van der Waals surface area contributed by atoms with Crippen LogP contribution in [-0.2, 0) is 13.0 Å². The lowest BCUT2D eigenvalue weighted by Gasteiger charge is -2.27. The molecule has 4 heteroatoms. The molecule has 94 valence electrons. The first kappa shape index (κ1) is 12.3. The molecule has 2 N–H and O–H groups in total. The summed E-state index contributed by atoms with van der Waals surface area (Å²) in [5.41, 5.74) is 2.59. The lowest BCUT2D eigenvalue weighted by molar-refractivity contribution is -0.870. The Balaban J connectivity index is 1.96. The highest BCUT2D eigenvalue weighted by Crippen LogP contribution is 2.12. The first-order valence-corrected chi connectivity index (χ1v) is 6.19. The van der Waals surface area contributed by atoms with Crippen molar-refractivity contribution >= 4 is 5.82 Å². The smallest absolute Gasteiger partial charge is 0.126 e. The van der Waals surface area contributed by atoms with E-state index in [-0.39, 0.29) is 0 Å². The second-order valence-corrected chi connectivity index (χ2v) is 4.96. The number of pyridine rings is 1. The Morgan fingerprint density at radius 3 is 3.06 bits per heavy atom. The summed E-state index contributed by atoms with van der Waals surface area (Å²) in [6, 6.07) is 4.26. The van der Waals surface area contributed by atoms with Gasteiger partial charge in [0.05, 0.1) is 18.8 Å². The number of hydrogen-bond acceptors (Lipinski definition) is 3. The number of rotatable bonds is 4. The molecular formula is C13H22N4. The van der Waals surface area contributed by atoms with Crippen molar-refractivity contribution in [2.45, 2.75) is 13.0 Å². The summed E-state index contributed by atoms with van der Waals surface area (Å²) in [5, 5.41) is 3.36. The van der Waals surface area contributed by atoms with Crippen LogP contribution in [0.4, 0.5) is 5.82 Å². The molecule has 0 aromatic carbocycles. The SMILES string of the molecule is [CH2-][NH+]1CCc2nc(NCCN(C)C)ccc2C1. The molecule has 0 saturated carbocycles. The number of likely N-dealkylation sites (N-methyl/N-ethyl adjacent to an activating group) is 1. The number of anilines is 1. The highest BCUT2D eigenvalue weighted by atomic mass is 15.1. The van der Waals surface area contributed by atoms with Crippen molar-refractivity contribution in [2.75, 3.05) is 39.0 Å².